The summed E-state index contributed by atoms with van der Waals surface area (Å²) in [6.45, 7) is 0. The highest BCUT2D eigenvalue weighted by atomic mass is 35.5. The van der Waals surface area contributed by atoms with Crippen LogP contribution in [0.3, 0.4) is 0 Å². The highest BCUT2D eigenvalue weighted by molar-refractivity contribution is 7.21. The standard InChI is InChI=1S/C17H11Cl2NO3S/c1-23-17(22)15-14(11-4-2-3-5-13(11)24-15)20-16(21)10-7-6-9(18)8-12(10)19/h2-8H,1H3,(H,20,21). The molecule has 0 saturated heterocycles. The number of anilines is 1. The summed E-state index contributed by atoms with van der Waals surface area (Å²) in [5.74, 6) is -0.931. The smallest absolute Gasteiger partial charge is 0.350 e. The monoisotopic (exact) mass is 379 g/mol. The number of amides is 1. The molecular formula is C17H11Cl2NO3S. The van der Waals surface area contributed by atoms with E-state index in [2.05, 4.69) is 5.32 Å². The van der Waals surface area contributed by atoms with E-state index in [4.69, 9.17) is 27.9 Å². The van der Waals surface area contributed by atoms with E-state index in [0.717, 1.165) is 10.1 Å². The number of carbonyl (C=O) groups is 2. The van der Waals surface area contributed by atoms with Crippen LogP contribution in [0.15, 0.2) is 42.5 Å². The molecule has 0 fully saturated rings. The van der Waals surface area contributed by atoms with Crippen LogP contribution in [0.5, 0.6) is 0 Å². The number of thiophene rings is 1. The number of hydrogen-bond acceptors (Lipinski definition) is 4. The number of hydrogen-bond donors (Lipinski definition) is 1. The summed E-state index contributed by atoms with van der Waals surface area (Å²) in [4.78, 5) is 24.9. The van der Waals surface area contributed by atoms with E-state index in [1.807, 2.05) is 24.3 Å². The van der Waals surface area contributed by atoms with Crippen molar-refractivity contribution < 1.29 is 14.3 Å². The first kappa shape index (κ1) is 16.8. The van der Waals surface area contributed by atoms with Gasteiger partial charge in [0.05, 0.1) is 23.4 Å². The van der Waals surface area contributed by atoms with Gasteiger partial charge in [0, 0.05) is 15.1 Å². The largest absolute Gasteiger partial charge is 0.465 e. The van der Waals surface area contributed by atoms with Gasteiger partial charge in [-0.05, 0) is 24.3 Å². The van der Waals surface area contributed by atoms with Crippen LogP contribution in [0.2, 0.25) is 10.0 Å². The predicted octanol–water partition coefficient (Wildman–Crippen LogP) is 5.25. The molecule has 2 aromatic carbocycles. The minimum atomic E-state index is -0.506. The van der Waals surface area contributed by atoms with E-state index in [0.29, 0.717) is 15.6 Å². The Hall–Kier alpha value is -2.08. The molecule has 7 heteroatoms. The molecule has 4 nitrogen and oxygen atoms in total. The Kier molecular flexibility index (Phi) is 4.76. The molecule has 122 valence electrons. The molecule has 0 atom stereocenters. The summed E-state index contributed by atoms with van der Waals surface area (Å²) in [6.07, 6.45) is 0. The Labute approximate surface area is 151 Å². The molecule has 0 radical (unpaired) electrons. The second kappa shape index (κ2) is 6.81. The summed E-state index contributed by atoms with van der Waals surface area (Å²) in [5, 5.41) is 4.21. The minimum Gasteiger partial charge on any atom is -0.465 e. The van der Waals surface area contributed by atoms with Crippen LogP contribution in [-0.4, -0.2) is 19.0 Å². The molecule has 3 rings (SSSR count). The van der Waals surface area contributed by atoms with E-state index in [1.54, 1.807) is 6.07 Å². The third-order valence-corrected chi connectivity index (χ3v) is 5.08. The first-order valence-electron chi connectivity index (χ1n) is 6.87. The van der Waals surface area contributed by atoms with Gasteiger partial charge in [-0.3, -0.25) is 4.79 Å². The number of fused-ring (bicyclic) bond motifs is 1. The molecule has 0 bridgehead atoms. The fourth-order valence-corrected chi connectivity index (χ4v) is 3.83. The van der Waals surface area contributed by atoms with Crippen LogP contribution < -0.4 is 5.32 Å². The first-order valence-corrected chi connectivity index (χ1v) is 8.44. The Balaban J connectivity index is 2.05. The number of halogens is 2. The van der Waals surface area contributed by atoms with Crippen LogP contribution in [0, 0.1) is 0 Å². The number of carbonyl (C=O) groups excluding carboxylic acids is 2. The Bertz CT molecular complexity index is 952. The molecule has 0 saturated carbocycles. The zero-order valence-corrected chi connectivity index (χ0v) is 14.8. The molecule has 1 N–H and O–H groups in total. The minimum absolute atomic E-state index is 0.235. The quantitative estimate of drug-likeness (QED) is 0.632. The number of ether oxygens (including phenoxy) is 1. The lowest BCUT2D eigenvalue weighted by Crippen LogP contribution is -2.14. The summed E-state index contributed by atoms with van der Waals surface area (Å²) < 4.78 is 5.68. The molecule has 24 heavy (non-hydrogen) atoms. The molecule has 3 aromatic rings. The van der Waals surface area contributed by atoms with Crippen molar-refractivity contribution in [1.82, 2.24) is 0 Å². The van der Waals surface area contributed by atoms with Gasteiger partial charge in [0.2, 0.25) is 0 Å². The lowest BCUT2D eigenvalue weighted by atomic mass is 10.1. The zero-order valence-electron chi connectivity index (χ0n) is 12.4. The van der Waals surface area contributed by atoms with Crippen LogP contribution in [-0.2, 0) is 4.74 Å². The second-order valence-electron chi connectivity index (χ2n) is 4.87. The van der Waals surface area contributed by atoms with Gasteiger partial charge in [-0.25, -0.2) is 4.79 Å². The summed E-state index contributed by atoms with van der Waals surface area (Å²) in [7, 11) is 1.30. The lowest BCUT2D eigenvalue weighted by molar-refractivity contribution is 0.0607. The van der Waals surface area contributed by atoms with Crippen molar-refractivity contribution in [2.24, 2.45) is 0 Å². The Morgan fingerprint density at radius 3 is 2.58 bits per heavy atom. The molecule has 0 aliphatic rings. The molecule has 0 aliphatic carbocycles. The molecule has 0 spiro atoms. The van der Waals surface area contributed by atoms with Gasteiger partial charge in [0.25, 0.3) is 5.91 Å². The van der Waals surface area contributed by atoms with E-state index in [9.17, 15) is 9.59 Å². The number of rotatable bonds is 3. The molecular weight excluding hydrogens is 369 g/mol. The highest BCUT2D eigenvalue weighted by Crippen LogP contribution is 2.36. The van der Waals surface area contributed by atoms with Gasteiger partial charge in [0.15, 0.2) is 0 Å². The third-order valence-electron chi connectivity index (χ3n) is 3.38. The normalized spacial score (nSPS) is 10.6. The van der Waals surface area contributed by atoms with Crippen molar-refractivity contribution in [3.05, 3.63) is 63.0 Å². The Morgan fingerprint density at radius 1 is 1.12 bits per heavy atom. The fraction of sp³-hybridized carbons (Fsp3) is 0.0588. The van der Waals surface area contributed by atoms with Crippen LogP contribution in [0.25, 0.3) is 10.1 Å². The van der Waals surface area contributed by atoms with Gasteiger partial charge in [0.1, 0.15) is 4.88 Å². The highest BCUT2D eigenvalue weighted by Gasteiger charge is 2.22. The maximum Gasteiger partial charge on any atom is 0.350 e. The maximum absolute atomic E-state index is 12.6. The van der Waals surface area contributed by atoms with Crippen molar-refractivity contribution in [3.8, 4) is 0 Å². The first-order chi connectivity index (χ1) is 11.5. The van der Waals surface area contributed by atoms with Crippen molar-refractivity contribution >= 4 is 62.2 Å². The summed E-state index contributed by atoms with van der Waals surface area (Å²) in [5.41, 5.74) is 0.686. The van der Waals surface area contributed by atoms with E-state index in [-0.39, 0.29) is 10.6 Å². The van der Waals surface area contributed by atoms with Crippen LogP contribution in [0.4, 0.5) is 5.69 Å². The van der Waals surface area contributed by atoms with Gasteiger partial charge in [-0.15, -0.1) is 11.3 Å². The molecule has 0 unspecified atom stereocenters. The number of nitrogens with one attached hydrogen (secondary N) is 1. The van der Waals surface area contributed by atoms with Crippen LogP contribution >= 0.6 is 34.5 Å². The Morgan fingerprint density at radius 2 is 1.88 bits per heavy atom. The average molecular weight is 380 g/mol. The summed E-state index contributed by atoms with van der Waals surface area (Å²) >= 11 is 13.2. The zero-order chi connectivity index (χ0) is 17.3. The van der Waals surface area contributed by atoms with E-state index in [1.165, 1.54) is 30.6 Å². The van der Waals surface area contributed by atoms with Gasteiger partial charge in [-0.1, -0.05) is 41.4 Å². The molecule has 1 amide bonds. The number of esters is 1. The fourth-order valence-electron chi connectivity index (χ4n) is 2.26. The topological polar surface area (TPSA) is 55.4 Å². The number of methoxy groups -OCH3 is 1. The second-order valence-corrected chi connectivity index (χ2v) is 6.77. The van der Waals surface area contributed by atoms with Gasteiger partial charge in [-0.2, -0.15) is 0 Å². The van der Waals surface area contributed by atoms with Crippen molar-refractivity contribution in [3.63, 3.8) is 0 Å². The van der Waals surface area contributed by atoms with Gasteiger partial charge >= 0.3 is 5.97 Å². The van der Waals surface area contributed by atoms with Crippen molar-refractivity contribution in [2.45, 2.75) is 0 Å². The van der Waals surface area contributed by atoms with Crippen LogP contribution in [0.1, 0.15) is 20.0 Å². The SMILES string of the molecule is COC(=O)c1sc2ccccc2c1NC(=O)c1ccc(Cl)cc1Cl. The maximum atomic E-state index is 12.6. The van der Waals surface area contributed by atoms with E-state index < -0.39 is 11.9 Å². The third kappa shape index (κ3) is 3.11. The van der Waals surface area contributed by atoms with E-state index >= 15 is 0 Å². The average Bonchev–Trinajstić information content (AvgIpc) is 2.92. The lowest BCUT2D eigenvalue weighted by Gasteiger charge is -2.08. The molecule has 0 aliphatic heterocycles. The van der Waals surface area contributed by atoms with Crippen molar-refractivity contribution in [2.75, 3.05) is 12.4 Å². The van der Waals surface area contributed by atoms with Crippen molar-refractivity contribution in [1.29, 1.82) is 0 Å². The summed E-state index contributed by atoms with van der Waals surface area (Å²) in [6, 6.07) is 12.0. The predicted molar refractivity (Wildman–Crippen MR) is 97.6 cm³/mol. The number of benzene rings is 2. The van der Waals surface area contributed by atoms with Gasteiger partial charge < -0.3 is 10.1 Å². The molecule has 1 aromatic heterocycles. The molecule has 1 heterocycles.